The minimum Gasteiger partial charge on any atom is -0.416 e. The largest absolute Gasteiger partial charge is 0.416 e. The SMILES string of the molecule is c1ccc(-n2c3cc4c5ncccc5n(-c5ccc(-c6nc7nccnc7o6)cc5)c4cc3c3ncccc32)cc1.c1ccc(-n2c3ccccc3c3cc4c(cc32)c2ccccc2n4-c2ccc(-c3nc4nccnc4o3)cc2)cc1.c1ccc(-n2c3ccccc3c3cc4c(cc32)c2ccccc2n4-c2ccc(-c3nc4nccnc4o3)nc2)cc1. The molecule has 576 valence electrons. The summed E-state index contributed by atoms with van der Waals surface area (Å²) in [6.45, 7) is 0. The Morgan fingerprint density at radius 2 is 0.472 bits per heavy atom. The first-order chi connectivity index (χ1) is 61.0. The zero-order valence-corrected chi connectivity index (χ0v) is 64.9. The van der Waals surface area contributed by atoms with E-state index in [1.165, 1.54) is 65.2 Å². The first-order valence-electron chi connectivity index (χ1n) is 40.2. The van der Waals surface area contributed by atoms with Gasteiger partial charge in [0.25, 0.3) is 17.1 Å². The molecule has 21 heteroatoms. The second-order valence-corrected chi connectivity index (χ2v) is 30.1. The molecule has 12 aromatic carbocycles. The molecule has 0 saturated heterocycles. The Balaban J connectivity index is 0.000000101. The third-order valence-electron chi connectivity index (χ3n) is 23.2. The molecule has 0 fully saturated rings. The molecule has 0 radical (unpaired) electrons. The molecule has 0 spiro atoms. The van der Waals surface area contributed by atoms with Crippen molar-refractivity contribution < 1.29 is 13.3 Å². The van der Waals surface area contributed by atoms with E-state index in [9.17, 15) is 0 Å². The van der Waals surface area contributed by atoms with Crippen molar-refractivity contribution in [3.63, 3.8) is 0 Å². The Morgan fingerprint density at radius 3 is 0.829 bits per heavy atom. The molecule has 123 heavy (non-hydrogen) atoms. The molecule has 27 rings (SSSR count). The number of para-hydroxylation sites is 7. The highest BCUT2D eigenvalue weighted by atomic mass is 16.4. The Kier molecular flexibility index (Phi) is 15.4. The van der Waals surface area contributed by atoms with Gasteiger partial charge in [0.15, 0.2) is 0 Å². The number of benzene rings is 12. The lowest BCUT2D eigenvalue weighted by atomic mass is 10.1. The van der Waals surface area contributed by atoms with Gasteiger partial charge in [-0.2, -0.15) is 15.0 Å². The molecule has 0 aliphatic carbocycles. The molecular formula is C102H60N18O3. The Bertz CT molecular complexity index is 7970. The number of hydrogen-bond donors (Lipinski definition) is 0. The summed E-state index contributed by atoms with van der Waals surface area (Å²) in [4.78, 5) is 53.2. The molecule has 0 amide bonds. The molecule has 0 atom stereocenters. The van der Waals surface area contributed by atoms with Crippen molar-refractivity contribution >= 4 is 165 Å². The maximum atomic E-state index is 5.86. The van der Waals surface area contributed by atoms with Crippen LogP contribution in [0, 0.1) is 0 Å². The first-order valence-corrected chi connectivity index (χ1v) is 40.2. The van der Waals surface area contributed by atoms with Crippen LogP contribution in [0.3, 0.4) is 0 Å². The molecule has 0 saturated carbocycles. The van der Waals surface area contributed by atoms with Crippen LogP contribution in [0.1, 0.15) is 0 Å². The van der Waals surface area contributed by atoms with Crippen molar-refractivity contribution in [2.24, 2.45) is 0 Å². The van der Waals surface area contributed by atoms with E-state index in [1.807, 2.05) is 67.1 Å². The van der Waals surface area contributed by atoms with Gasteiger partial charge in [0, 0.05) is 143 Å². The topological polar surface area (TPSA) is 224 Å². The highest BCUT2D eigenvalue weighted by Gasteiger charge is 2.25. The van der Waals surface area contributed by atoms with E-state index < -0.39 is 0 Å². The van der Waals surface area contributed by atoms with E-state index in [0.717, 1.165) is 111 Å². The van der Waals surface area contributed by atoms with Gasteiger partial charge in [0.05, 0.1) is 89.1 Å². The van der Waals surface area contributed by atoms with Crippen molar-refractivity contribution in [3.8, 4) is 68.6 Å². The van der Waals surface area contributed by atoms with Crippen molar-refractivity contribution in [2.75, 3.05) is 0 Å². The fourth-order valence-electron chi connectivity index (χ4n) is 18.0. The van der Waals surface area contributed by atoms with Gasteiger partial charge in [-0.15, -0.1) is 0 Å². The minimum atomic E-state index is 0.398. The van der Waals surface area contributed by atoms with E-state index in [2.05, 4.69) is 333 Å². The molecule has 15 aromatic heterocycles. The van der Waals surface area contributed by atoms with Crippen LogP contribution in [-0.2, 0) is 0 Å². The average Bonchev–Trinajstić information content (AvgIpc) is 1.57. The number of pyridine rings is 3. The van der Waals surface area contributed by atoms with Crippen LogP contribution in [0.4, 0.5) is 0 Å². The van der Waals surface area contributed by atoms with Gasteiger partial charge in [0.1, 0.15) is 5.69 Å². The molecule has 21 nitrogen and oxygen atoms in total. The molecule has 0 aliphatic rings. The molecular weight excluding hydrogens is 1530 g/mol. The summed E-state index contributed by atoms with van der Waals surface area (Å²) in [6.07, 6.45) is 15.2. The van der Waals surface area contributed by atoms with Gasteiger partial charge in [-0.3, -0.25) is 9.97 Å². The van der Waals surface area contributed by atoms with Gasteiger partial charge in [0.2, 0.25) is 34.6 Å². The third kappa shape index (κ3) is 11.0. The van der Waals surface area contributed by atoms with Crippen LogP contribution < -0.4 is 0 Å². The van der Waals surface area contributed by atoms with Crippen molar-refractivity contribution in [1.82, 2.24) is 87.2 Å². The molecule has 0 N–H and O–H groups in total. The van der Waals surface area contributed by atoms with Crippen molar-refractivity contribution in [3.05, 3.63) is 365 Å². The third-order valence-corrected chi connectivity index (χ3v) is 23.2. The Labute approximate surface area is 695 Å². The van der Waals surface area contributed by atoms with Crippen LogP contribution in [0.2, 0.25) is 0 Å². The van der Waals surface area contributed by atoms with Gasteiger partial charge in [-0.1, -0.05) is 127 Å². The minimum absolute atomic E-state index is 0.398. The van der Waals surface area contributed by atoms with Crippen LogP contribution in [0.5, 0.6) is 0 Å². The normalized spacial score (nSPS) is 11.9. The van der Waals surface area contributed by atoms with Crippen LogP contribution in [0.25, 0.3) is 234 Å². The summed E-state index contributed by atoms with van der Waals surface area (Å²) in [5.74, 6) is 1.40. The number of rotatable bonds is 9. The van der Waals surface area contributed by atoms with E-state index in [1.54, 1.807) is 37.2 Å². The van der Waals surface area contributed by atoms with Gasteiger partial charge in [-0.05, 0) is 182 Å². The monoisotopic (exact) mass is 1580 g/mol. The van der Waals surface area contributed by atoms with Crippen molar-refractivity contribution in [2.45, 2.75) is 0 Å². The lowest BCUT2D eigenvalue weighted by Crippen LogP contribution is -1.96. The zero-order chi connectivity index (χ0) is 80.7. The quantitative estimate of drug-likeness (QED) is 0.131. The molecule has 15 heterocycles. The Morgan fingerprint density at radius 1 is 0.187 bits per heavy atom. The molecule has 27 aromatic rings. The van der Waals surface area contributed by atoms with E-state index in [-0.39, 0.29) is 0 Å². The van der Waals surface area contributed by atoms with Crippen LogP contribution in [-0.4, -0.2) is 87.2 Å². The van der Waals surface area contributed by atoms with E-state index >= 15 is 0 Å². The highest BCUT2D eigenvalue weighted by Crippen LogP contribution is 2.45. The zero-order valence-electron chi connectivity index (χ0n) is 64.9. The fraction of sp³-hybridized carbons (Fsp3) is 0. The highest BCUT2D eigenvalue weighted by molar-refractivity contribution is 6.22. The number of oxazole rings is 3. The lowest BCUT2D eigenvalue weighted by Gasteiger charge is -2.09. The standard InChI is InChI=1S/C35H21N5O.C34H20N6O.C33H19N7O/c1-2-8-23(9-3-1)39-29-12-6-4-10-25(29)27-21-32-28(20-31(27)39)26-11-5-7-13-30(26)40(32)24-16-14-22(15-17-24)34-38-33-35(41-34)37-19-18-36-33;1-2-8-21(9-3-1)39-28-12-6-4-10-23(28)25-19-31-26(18-30(25)39)24-11-5-7-13-29(24)40(31)22-14-15-27(37-20-22)33-38-32-34(41-33)36-17-16-35-32;1-2-6-21(7-3-1)39-25-8-4-14-34-29(25)23-19-28-24(18-27(23)39)30-26(9-5-15-35-30)40(28)22-12-10-20(11-13-22)32-38-31-33(41-32)37-17-16-36-31/h1-21H;1-20H;1-19H. The maximum Gasteiger partial charge on any atom is 0.266 e. The average molecular weight is 1590 g/mol. The lowest BCUT2D eigenvalue weighted by molar-refractivity contribution is 0.604. The van der Waals surface area contributed by atoms with E-state index in [4.69, 9.17) is 28.2 Å². The molecule has 0 unspecified atom stereocenters. The van der Waals surface area contributed by atoms with Gasteiger partial charge < -0.3 is 40.7 Å². The summed E-state index contributed by atoms with van der Waals surface area (Å²) in [5, 5.41) is 11.9. The van der Waals surface area contributed by atoms with E-state index in [0.29, 0.717) is 57.4 Å². The molecule has 0 bridgehead atoms. The molecule has 0 aliphatic heterocycles. The second kappa shape index (κ2) is 27.6. The number of nitrogens with zero attached hydrogens (tertiary/aromatic N) is 18. The van der Waals surface area contributed by atoms with Gasteiger partial charge >= 0.3 is 0 Å². The summed E-state index contributed by atoms with van der Waals surface area (Å²) in [5.41, 5.74) is 27.0. The smallest absolute Gasteiger partial charge is 0.266 e. The first kappa shape index (κ1) is 68.7. The van der Waals surface area contributed by atoms with Gasteiger partial charge in [-0.25, -0.2) is 34.9 Å². The van der Waals surface area contributed by atoms with Crippen LogP contribution >= 0.6 is 0 Å². The number of aromatic nitrogens is 18. The summed E-state index contributed by atoms with van der Waals surface area (Å²) in [6, 6.07) is 108. The predicted molar refractivity (Wildman–Crippen MR) is 485 cm³/mol. The van der Waals surface area contributed by atoms with Crippen molar-refractivity contribution in [1.29, 1.82) is 0 Å². The Hall–Kier alpha value is -17.5. The summed E-state index contributed by atoms with van der Waals surface area (Å²) in [7, 11) is 0. The number of hydrogen-bond acceptors (Lipinski definition) is 15. The maximum absolute atomic E-state index is 5.86. The second-order valence-electron chi connectivity index (χ2n) is 30.1. The van der Waals surface area contributed by atoms with Crippen LogP contribution in [0.15, 0.2) is 378 Å². The predicted octanol–water partition coefficient (Wildman–Crippen LogP) is 23.6. The summed E-state index contributed by atoms with van der Waals surface area (Å²) >= 11 is 0. The number of fused-ring (bicyclic) bond motifs is 21. The summed E-state index contributed by atoms with van der Waals surface area (Å²) < 4.78 is 31.4. The fourth-order valence-corrected chi connectivity index (χ4v) is 18.0.